The lowest BCUT2D eigenvalue weighted by Gasteiger charge is -2.22. The van der Waals surface area contributed by atoms with E-state index in [0.717, 1.165) is 18.7 Å². The summed E-state index contributed by atoms with van der Waals surface area (Å²) < 4.78 is 0. The van der Waals surface area contributed by atoms with E-state index in [2.05, 4.69) is 16.8 Å². The molecule has 2 aromatic rings. The number of para-hydroxylation sites is 1. The van der Waals surface area contributed by atoms with Crippen LogP contribution in [0.1, 0.15) is 18.4 Å². The Morgan fingerprint density at radius 2 is 2.05 bits per heavy atom. The number of hydrogen-bond acceptors (Lipinski definition) is 3. The molecular weight excluding hydrogens is 268 g/mol. The van der Waals surface area contributed by atoms with E-state index < -0.39 is 0 Å². The largest absolute Gasteiger partial charge is 0.320 e. The van der Waals surface area contributed by atoms with Crippen LogP contribution in [0, 0.1) is 0 Å². The number of amides is 1. The number of nitrogens with zero attached hydrogens (tertiary/aromatic N) is 1. The maximum atomic E-state index is 12.4. The Hall–Kier alpha value is -1.65. The first-order valence-electron chi connectivity index (χ1n) is 6.82. The average Bonchev–Trinajstić information content (AvgIpc) is 2.99. The summed E-state index contributed by atoms with van der Waals surface area (Å²) in [4.78, 5) is 14.3. The summed E-state index contributed by atoms with van der Waals surface area (Å²) in [5, 5.41) is 7.22. The fourth-order valence-electron chi connectivity index (χ4n) is 2.05. The van der Waals surface area contributed by atoms with Gasteiger partial charge in [-0.15, -0.1) is 0 Å². The molecule has 0 bridgehead atoms. The Bertz CT molecular complexity index is 511. The van der Waals surface area contributed by atoms with E-state index in [1.807, 2.05) is 47.7 Å². The highest BCUT2D eigenvalue weighted by molar-refractivity contribution is 7.07. The van der Waals surface area contributed by atoms with Gasteiger partial charge < -0.3 is 10.2 Å². The van der Waals surface area contributed by atoms with Crippen molar-refractivity contribution in [2.45, 2.75) is 19.4 Å². The van der Waals surface area contributed by atoms with E-state index in [0.29, 0.717) is 13.0 Å². The number of anilines is 1. The quantitative estimate of drug-likeness (QED) is 0.793. The minimum Gasteiger partial charge on any atom is -0.320 e. The topological polar surface area (TPSA) is 32.3 Å². The molecule has 0 unspecified atom stereocenters. The predicted octanol–water partition coefficient (Wildman–Crippen LogP) is 3.28. The van der Waals surface area contributed by atoms with E-state index in [4.69, 9.17) is 0 Å². The summed E-state index contributed by atoms with van der Waals surface area (Å²) in [6.45, 7) is 1.51. The Morgan fingerprint density at radius 1 is 1.25 bits per heavy atom. The van der Waals surface area contributed by atoms with Crippen molar-refractivity contribution < 1.29 is 4.79 Å². The highest BCUT2D eigenvalue weighted by Gasteiger charge is 2.15. The molecule has 0 aliphatic rings. The SMILES string of the molecule is CNCCCC(=O)N(Cc1ccsc1)c1ccccc1. The Balaban J connectivity index is 2.09. The molecule has 0 saturated heterocycles. The van der Waals surface area contributed by atoms with Gasteiger partial charge in [0.1, 0.15) is 0 Å². The summed E-state index contributed by atoms with van der Waals surface area (Å²) in [7, 11) is 1.91. The van der Waals surface area contributed by atoms with Crippen molar-refractivity contribution in [1.82, 2.24) is 5.32 Å². The molecule has 1 aromatic heterocycles. The molecule has 0 atom stereocenters. The van der Waals surface area contributed by atoms with Crippen LogP contribution in [0.2, 0.25) is 0 Å². The van der Waals surface area contributed by atoms with Gasteiger partial charge in [0.15, 0.2) is 0 Å². The second kappa shape index (κ2) is 7.82. The van der Waals surface area contributed by atoms with Crippen molar-refractivity contribution in [3.8, 4) is 0 Å². The van der Waals surface area contributed by atoms with Gasteiger partial charge in [-0.3, -0.25) is 4.79 Å². The zero-order chi connectivity index (χ0) is 14.2. The molecule has 106 valence electrons. The summed E-state index contributed by atoms with van der Waals surface area (Å²) >= 11 is 1.66. The molecule has 1 amide bonds. The smallest absolute Gasteiger partial charge is 0.227 e. The van der Waals surface area contributed by atoms with Crippen LogP contribution in [-0.2, 0) is 11.3 Å². The van der Waals surface area contributed by atoms with E-state index in [1.54, 1.807) is 11.3 Å². The number of thiophene rings is 1. The standard InChI is InChI=1S/C16H20N2OS/c1-17-10-5-8-16(19)18(12-14-9-11-20-13-14)15-6-3-2-4-7-15/h2-4,6-7,9,11,13,17H,5,8,10,12H2,1H3. The molecular formula is C16H20N2OS. The molecule has 1 heterocycles. The molecule has 2 rings (SSSR count). The van der Waals surface area contributed by atoms with Crippen LogP contribution in [0.25, 0.3) is 0 Å². The molecule has 3 nitrogen and oxygen atoms in total. The number of benzene rings is 1. The van der Waals surface area contributed by atoms with Gasteiger partial charge >= 0.3 is 0 Å². The molecule has 0 aliphatic heterocycles. The monoisotopic (exact) mass is 288 g/mol. The number of carbonyl (C=O) groups excluding carboxylic acids is 1. The molecule has 1 N–H and O–H groups in total. The first kappa shape index (κ1) is 14.8. The first-order valence-corrected chi connectivity index (χ1v) is 7.76. The van der Waals surface area contributed by atoms with Crippen molar-refractivity contribution in [2.24, 2.45) is 0 Å². The molecule has 20 heavy (non-hydrogen) atoms. The number of rotatable bonds is 7. The molecule has 4 heteroatoms. The van der Waals surface area contributed by atoms with Crippen LogP contribution in [0.5, 0.6) is 0 Å². The molecule has 0 fully saturated rings. The molecule has 0 saturated carbocycles. The van der Waals surface area contributed by atoms with Crippen LogP contribution in [0.4, 0.5) is 5.69 Å². The van der Waals surface area contributed by atoms with Crippen molar-refractivity contribution >= 4 is 22.9 Å². The van der Waals surface area contributed by atoms with Gasteiger partial charge in [-0.1, -0.05) is 18.2 Å². The minimum atomic E-state index is 0.178. The number of nitrogens with one attached hydrogen (secondary N) is 1. The number of hydrogen-bond donors (Lipinski definition) is 1. The third-order valence-corrected chi connectivity index (χ3v) is 3.84. The lowest BCUT2D eigenvalue weighted by atomic mass is 10.2. The highest BCUT2D eigenvalue weighted by Crippen LogP contribution is 2.19. The summed E-state index contributed by atoms with van der Waals surface area (Å²) in [5.41, 5.74) is 2.15. The Labute approximate surface area is 124 Å². The van der Waals surface area contributed by atoms with Crippen LogP contribution in [0.3, 0.4) is 0 Å². The van der Waals surface area contributed by atoms with E-state index in [9.17, 15) is 4.79 Å². The summed E-state index contributed by atoms with van der Waals surface area (Å²) in [6.07, 6.45) is 1.43. The van der Waals surface area contributed by atoms with Crippen LogP contribution in [-0.4, -0.2) is 19.5 Å². The van der Waals surface area contributed by atoms with E-state index >= 15 is 0 Å². The Morgan fingerprint density at radius 3 is 2.70 bits per heavy atom. The van der Waals surface area contributed by atoms with Crippen molar-refractivity contribution in [3.05, 3.63) is 52.7 Å². The normalized spacial score (nSPS) is 10.4. The van der Waals surface area contributed by atoms with Crippen molar-refractivity contribution in [2.75, 3.05) is 18.5 Å². The molecule has 1 aromatic carbocycles. The summed E-state index contributed by atoms with van der Waals surface area (Å²) in [6, 6.07) is 12.0. The molecule has 0 aliphatic carbocycles. The third kappa shape index (κ3) is 4.18. The fourth-order valence-corrected chi connectivity index (χ4v) is 2.71. The van der Waals surface area contributed by atoms with Gasteiger partial charge in [-0.2, -0.15) is 11.3 Å². The molecule has 0 radical (unpaired) electrons. The van der Waals surface area contributed by atoms with Gasteiger partial charge in [0.25, 0.3) is 0 Å². The molecule has 0 spiro atoms. The summed E-state index contributed by atoms with van der Waals surface area (Å²) in [5.74, 6) is 0.178. The zero-order valence-electron chi connectivity index (χ0n) is 11.7. The number of carbonyl (C=O) groups is 1. The van der Waals surface area contributed by atoms with Gasteiger partial charge in [0, 0.05) is 12.1 Å². The average molecular weight is 288 g/mol. The lowest BCUT2D eigenvalue weighted by molar-refractivity contribution is -0.118. The van der Waals surface area contributed by atoms with Crippen molar-refractivity contribution in [3.63, 3.8) is 0 Å². The second-order valence-corrected chi connectivity index (χ2v) is 5.43. The van der Waals surface area contributed by atoms with Gasteiger partial charge in [-0.25, -0.2) is 0 Å². The minimum absolute atomic E-state index is 0.178. The second-order valence-electron chi connectivity index (χ2n) is 4.65. The Kier molecular flexibility index (Phi) is 5.77. The fraction of sp³-hybridized carbons (Fsp3) is 0.312. The highest BCUT2D eigenvalue weighted by atomic mass is 32.1. The van der Waals surface area contributed by atoms with Gasteiger partial charge in [0.2, 0.25) is 5.91 Å². The van der Waals surface area contributed by atoms with E-state index in [1.165, 1.54) is 5.56 Å². The zero-order valence-corrected chi connectivity index (χ0v) is 12.5. The van der Waals surface area contributed by atoms with Crippen LogP contribution >= 0.6 is 11.3 Å². The van der Waals surface area contributed by atoms with Crippen molar-refractivity contribution in [1.29, 1.82) is 0 Å². The van der Waals surface area contributed by atoms with E-state index in [-0.39, 0.29) is 5.91 Å². The lowest BCUT2D eigenvalue weighted by Crippen LogP contribution is -2.30. The predicted molar refractivity (Wildman–Crippen MR) is 85.1 cm³/mol. The third-order valence-electron chi connectivity index (χ3n) is 3.11. The maximum absolute atomic E-state index is 12.4. The maximum Gasteiger partial charge on any atom is 0.227 e. The first-order chi connectivity index (χ1) is 9.81. The van der Waals surface area contributed by atoms with Gasteiger partial charge in [-0.05, 0) is 54.5 Å². The van der Waals surface area contributed by atoms with Crippen LogP contribution in [0.15, 0.2) is 47.2 Å². The van der Waals surface area contributed by atoms with Gasteiger partial charge in [0.05, 0.1) is 6.54 Å². The van der Waals surface area contributed by atoms with Crippen LogP contribution < -0.4 is 10.2 Å².